The van der Waals surface area contributed by atoms with Crippen molar-refractivity contribution in [2.45, 2.75) is 32.1 Å². The SMILES string of the molecule is CCNC(=NCc1ccc(F)cc1F)N1CCS(=O)(=O)C(C)(C)C1. The molecule has 0 spiro atoms. The van der Waals surface area contributed by atoms with Crippen LogP contribution < -0.4 is 5.32 Å². The van der Waals surface area contributed by atoms with Gasteiger partial charge in [-0.25, -0.2) is 22.2 Å². The zero-order valence-electron chi connectivity index (χ0n) is 14.1. The number of hydrogen-bond donors (Lipinski definition) is 1. The topological polar surface area (TPSA) is 61.8 Å². The summed E-state index contributed by atoms with van der Waals surface area (Å²) in [6, 6.07) is 3.38. The fourth-order valence-corrected chi connectivity index (χ4v) is 3.93. The van der Waals surface area contributed by atoms with Crippen LogP contribution in [0.3, 0.4) is 0 Å². The van der Waals surface area contributed by atoms with Gasteiger partial charge >= 0.3 is 0 Å². The first-order valence-electron chi connectivity index (χ1n) is 7.86. The van der Waals surface area contributed by atoms with Crippen molar-refractivity contribution < 1.29 is 17.2 Å². The van der Waals surface area contributed by atoms with E-state index in [1.807, 2.05) is 11.8 Å². The number of rotatable bonds is 3. The summed E-state index contributed by atoms with van der Waals surface area (Å²) in [5.41, 5.74) is 0.288. The highest BCUT2D eigenvalue weighted by Crippen LogP contribution is 2.24. The molecule has 0 aliphatic carbocycles. The molecule has 0 radical (unpaired) electrons. The summed E-state index contributed by atoms with van der Waals surface area (Å²) < 4.78 is 50.0. The van der Waals surface area contributed by atoms with Gasteiger partial charge in [0.2, 0.25) is 0 Å². The molecule has 8 heteroatoms. The lowest BCUT2D eigenvalue weighted by molar-refractivity contribution is 0.353. The zero-order valence-corrected chi connectivity index (χ0v) is 15.0. The second kappa shape index (κ2) is 7.04. The van der Waals surface area contributed by atoms with Gasteiger partial charge in [-0.15, -0.1) is 0 Å². The van der Waals surface area contributed by atoms with Crippen LogP contribution in [0.4, 0.5) is 8.78 Å². The second-order valence-corrected chi connectivity index (χ2v) is 9.15. The van der Waals surface area contributed by atoms with Gasteiger partial charge in [0.1, 0.15) is 11.6 Å². The molecule has 134 valence electrons. The van der Waals surface area contributed by atoms with Gasteiger partial charge in [-0.1, -0.05) is 6.07 Å². The van der Waals surface area contributed by atoms with Crippen LogP contribution in [0.2, 0.25) is 0 Å². The fraction of sp³-hybridized carbons (Fsp3) is 0.562. The van der Waals surface area contributed by atoms with E-state index in [2.05, 4.69) is 10.3 Å². The molecular formula is C16H23F2N3O2S. The Balaban J connectivity index is 2.20. The minimum atomic E-state index is -3.15. The molecule has 0 amide bonds. The first kappa shape index (κ1) is 18.6. The normalized spacial score (nSPS) is 20.0. The molecular weight excluding hydrogens is 336 g/mol. The maximum Gasteiger partial charge on any atom is 0.194 e. The Morgan fingerprint density at radius 2 is 2.08 bits per heavy atom. The van der Waals surface area contributed by atoms with Crippen molar-refractivity contribution in [1.29, 1.82) is 0 Å². The Labute approximate surface area is 141 Å². The largest absolute Gasteiger partial charge is 0.357 e. The first-order chi connectivity index (χ1) is 11.2. The van der Waals surface area contributed by atoms with Crippen LogP contribution in [0.1, 0.15) is 26.3 Å². The van der Waals surface area contributed by atoms with Crippen LogP contribution in [0, 0.1) is 11.6 Å². The third-order valence-electron chi connectivity index (χ3n) is 4.09. The smallest absolute Gasteiger partial charge is 0.194 e. The Bertz CT molecular complexity index is 733. The van der Waals surface area contributed by atoms with Crippen molar-refractivity contribution in [3.05, 3.63) is 35.4 Å². The zero-order chi connectivity index (χ0) is 18.0. The lowest BCUT2D eigenvalue weighted by atomic mass is 10.2. The molecule has 1 saturated heterocycles. The lowest BCUT2D eigenvalue weighted by Crippen LogP contribution is -2.57. The van der Waals surface area contributed by atoms with Crippen LogP contribution in [0.5, 0.6) is 0 Å². The Kier molecular flexibility index (Phi) is 5.47. The molecule has 1 aliphatic heterocycles. The number of guanidine groups is 1. The predicted molar refractivity (Wildman–Crippen MR) is 90.6 cm³/mol. The van der Waals surface area contributed by atoms with E-state index in [0.717, 1.165) is 6.07 Å². The molecule has 0 atom stereocenters. The highest BCUT2D eigenvalue weighted by atomic mass is 32.2. The number of benzene rings is 1. The third kappa shape index (κ3) is 4.03. The monoisotopic (exact) mass is 359 g/mol. The maximum atomic E-state index is 13.7. The van der Waals surface area contributed by atoms with E-state index in [4.69, 9.17) is 0 Å². The van der Waals surface area contributed by atoms with E-state index in [9.17, 15) is 17.2 Å². The van der Waals surface area contributed by atoms with Crippen molar-refractivity contribution in [1.82, 2.24) is 10.2 Å². The molecule has 2 rings (SSSR count). The summed E-state index contributed by atoms with van der Waals surface area (Å²) in [4.78, 5) is 6.25. The molecule has 24 heavy (non-hydrogen) atoms. The molecule has 1 N–H and O–H groups in total. The predicted octanol–water partition coefficient (Wildman–Crippen LogP) is 1.94. The van der Waals surface area contributed by atoms with Crippen LogP contribution >= 0.6 is 0 Å². The van der Waals surface area contributed by atoms with E-state index in [0.29, 0.717) is 25.6 Å². The number of halogens is 2. The molecule has 1 fully saturated rings. The summed E-state index contributed by atoms with van der Waals surface area (Å²) >= 11 is 0. The van der Waals surface area contributed by atoms with E-state index < -0.39 is 26.2 Å². The molecule has 5 nitrogen and oxygen atoms in total. The highest BCUT2D eigenvalue weighted by Gasteiger charge is 2.40. The fourth-order valence-electron chi connectivity index (χ4n) is 2.56. The van der Waals surface area contributed by atoms with E-state index in [1.165, 1.54) is 12.1 Å². The molecule has 1 heterocycles. The molecule has 0 unspecified atom stereocenters. The van der Waals surface area contributed by atoms with Crippen molar-refractivity contribution in [3.8, 4) is 0 Å². The number of sulfone groups is 1. The van der Waals surface area contributed by atoms with Crippen LogP contribution in [-0.4, -0.2) is 49.4 Å². The summed E-state index contributed by atoms with van der Waals surface area (Å²) in [5, 5.41) is 3.10. The van der Waals surface area contributed by atoms with Gasteiger partial charge in [0, 0.05) is 31.3 Å². The van der Waals surface area contributed by atoms with Crippen molar-refractivity contribution in [2.75, 3.05) is 25.4 Å². The molecule has 1 aromatic rings. The molecule has 1 aliphatic rings. The van der Waals surface area contributed by atoms with Crippen molar-refractivity contribution >= 4 is 15.8 Å². The highest BCUT2D eigenvalue weighted by molar-refractivity contribution is 7.92. The van der Waals surface area contributed by atoms with Crippen molar-refractivity contribution in [3.63, 3.8) is 0 Å². The van der Waals surface area contributed by atoms with Crippen molar-refractivity contribution in [2.24, 2.45) is 4.99 Å². The van der Waals surface area contributed by atoms with Gasteiger partial charge in [0.25, 0.3) is 0 Å². The van der Waals surface area contributed by atoms with E-state index in [1.54, 1.807) is 13.8 Å². The van der Waals surface area contributed by atoms with Crippen LogP contribution in [0.25, 0.3) is 0 Å². The minimum absolute atomic E-state index is 0.0509. The maximum absolute atomic E-state index is 13.7. The molecule has 1 aromatic carbocycles. The van der Waals surface area contributed by atoms with Gasteiger partial charge in [0.15, 0.2) is 15.8 Å². The number of nitrogens with zero attached hydrogens (tertiary/aromatic N) is 2. The lowest BCUT2D eigenvalue weighted by Gasteiger charge is -2.39. The van der Waals surface area contributed by atoms with Crippen LogP contribution in [-0.2, 0) is 16.4 Å². The molecule has 0 saturated carbocycles. The third-order valence-corrected chi connectivity index (χ3v) is 6.63. The summed E-state index contributed by atoms with van der Waals surface area (Å²) in [6.07, 6.45) is 0. The van der Waals surface area contributed by atoms with Crippen LogP contribution in [0.15, 0.2) is 23.2 Å². The van der Waals surface area contributed by atoms with E-state index >= 15 is 0 Å². The Morgan fingerprint density at radius 3 is 2.67 bits per heavy atom. The Morgan fingerprint density at radius 1 is 1.38 bits per heavy atom. The van der Waals surface area contributed by atoms with Gasteiger partial charge in [-0.3, -0.25) is 0 Å². The number of aliphatic imine (C=N–C) groups is 1. The Hall–Kier alpha value is -1.70. The number of nitrogens with one attached hydrogen (secondary N) is 1. The standard InChI is InChI=1S/C16H23F2N3O2S/c1-4-19-15(20-10-12-5-6-13(17)9-14(12)18)21-7-8-24(22,23)16(2,3)11-21/h5-6,9H,4,7-8,10-11H2,1-3H3,(H,19,20). The van der Waals surface area contributed by atoms with Gasteiger partial charge < -0.3 is 10.2 Å². The summed E-state index contributed by atoms with van der Waals surface area (Å²) in [6.45, 7) is 6.60. The van der Waals surface area contributed by atoms with Gasteiger partial charge in [0.05, 0.1) is 17.0 Å². The summed E-state index contributed by atoms with van der Waals surface area (Å²) in [5.74, 6) is -0.689. The first-order valence-corrected chi connectivity index (χ1v) is 9.51. The molecule has 0 bridgehead atoms. The number of hydrogen-bond acceptors (Lipinski definition) is 3. The average Bonchev–Trinajstić information content (AvgIpc) is 2.48. The quantitative estimate of drug-likeness (QED) is 0.662. The average molecular weight is 359 g/mol. The minimum Gasteiger partial charge on any atom is -0.357 e. The van der Waals surface area contributed by atoms with Gasteiger partial charge in [-0.2, -0.15) is 0 Å². The van der Waals surface area contributed by atoms with Gasteiger partial charge in [-0.05, 0) is 26.8 Å². The second-order valence-electron chi connectivity index (χ2n) is 6.41. The van der Waals surface area contributed by atoms with E-state index in [-0.39, 0.29) is 17.9 Å². The molecule has 0 aromatic heterocycles. The summed E-state index contributed by atoms with van der Waals surface area (Å²) in [7, 11) is -3.15.